The third kappa shape index (κ3) is 1.96. The van der Waals surface area contributed by atoms with E-state index in [0.717, 1.165) is 0 Å². The fourth-order valence-corrected chi connectivity index (χ4v) is 1.22. The highest BCUT2D eigenvalue weighted by Crippen LogP contribution is 2.14. The molecule has 0 aromatic carbocycles. The molecule has 0 unspecified atom stereocenters. The number of hydrogen-bond donors (Lipinski definition) is 0. The summed E-state index contributed by atoms with van der Waals surface area (Å²) < 4.78 is 6.42. The lowest BCUT2D eigenvalue weighted by Gasteiger charge is -2.03. The van der Waals surface area contributed by atoms with E-state index in [4.69, 9.17) is 10.00 Å². The fourth-order valence-electron chi connectivity index (χ4n) is 1.22. The molecule has 0 saturated heterocycles. The largest absolute Gasteiger partial charge is 0.480 e. The molecular formula is C10H7N5O2. The second-order valence-corrected chi connectivity index (χ2v) is 3.03. The minimum absolute atomic E-state index is 0.179. The normalized spacial score (nSPS) is 9.65. The van der Waals surface area contributed by atoms with Crippen molar-refractivity contribution in [3.63, 3.8) is 0 Å². The topological polar surface area (TPSA) is 93.7 Å². The Morgan fingerprint density at radius 1 is 1.53 bits per heavy atom. The zero-order valence-electron chi connectivity index (χ0n) is 8.86. The van der Waals surface area contributed by atoms with Gasteiger partial charge in [0.25, 0.3) is 0 Å². The first-order valence-corrected chi connectivity index (χ1v) is 4.59. The monoisotopic (exact) mass is 229 g/mol. The SMILES string of the molecule is COc1nc(-n2cnc(C=O)c2)ncc1C#N. The molecule has 0 bridgehead atoms. The van der Waals surface area contributed by atoms with E-state index >= 15 is 0 Å². The second kappa shape index (κ2) is 4.40. The molecule has 0 aliphatic carbocycles. The van der Waals surface area contributed by atoms with Crippen molar-refractivity contribution in [1.82, 2.24) is 19.5 Å². The number of rotatable bonds is 3. The highest BCUT2D eigenvalue weighted by molar-refractivity contribution is 5.71. The third-order valence-corrected chi connectivity index (χ3v) is 2.01. The van der Waals surface area contributed by atoms with Gasteiger partial charge in [0.15, 0.2) is 6.29 Å². The number of ether oxygens (including phenoxy) is 1. The molecule has 2 heterocycles. The Kier molecular flexibility index (Phi) is 2.79. The lowest BCUT2D eigenvalue weighted by Crippen LogP contribution is -2.02. The Hall–Kier alpha value is -2.75. The van der Waals surface area contributed by atoms with Crippen LogP contribution in [0.2, 0.25) is 0 Å². The van der Waals surface area contributed by atoms with Crippen LogP contribution in [0, 0.1) is 11.3 Å². The van der Waals surface area contributed by atoms with Crippen LogP contribution >= 0.6 is 0 Å². The minimum Gasteiger partial charge on any atom is -0.480 e. The highest BCUT2D eigenvalue weighted by Gasteiger charge is 2.09. The van der Waals surface area contributed by atoms with Gasteiger partial charge in [0.1, 0.15) is 23.7 Å². The third-order valence-electron chi connectivity index (χ3n) is 2.01. The maximum Gasteiger partial charge on any atom is 0.238 e. The van der Waals surface area contributed by atoms with Gasteiger partial charge in [0.2, 0.25) is 11.8 Å². The summed E-state index contributed by atoms with van der Waals surface area (Å²) in [7, 11) is 1.41. The molecule has 7 heteroatoms. The summed E-state index contributed by atoms with van der Waals surface area (Å²) in [5.41, 5.74) is 0.518. The number of methoxy groups -OCH3 is 1. The van der Waals surface area contributed by atoms with E-state index in [0.29, 0.717) is 6.29 Å². The molecule has 0 N–H and O–H groups in total. The van der Waals surface area contributed by atoms with Gasteiger partial charge in [0.05, 0.1) is 13.3 Å². The van der Waals surface area contributed by atoms with Crippen LogP contribution in [0.25, 0.3) is 5.95 Å². The van der Waals surface area contributed by atoms with Crippen molar-refractivity contribution >= 4 is 6.29 Å². The number of imidazole rings is 1. The molecule has 2 rings (SSSR count). The van der Waals surface area contributed by atoms with Crippen LogP contribution < -0.4 is 4.74 Å². The van der Waals surface area contributed by atoms with Gasteiger partial charge in [-0.05, 0) is 0 Å². The number of aromatic nitrogens is 4. The van der Waals surface area contributed by atoms with E-state index in [9.17, 15) is 4.79 Å². The van der Waals surface area contributed by atoms with Crippen LogP contribution in [-0.4, -0.2) is 32.9 Å². The molecule has 0 atom stereocenters. The average molecular weight is 229 g/mol. The molecule has 0 fully saturated rings. The van der Waals surface area contributed by atoms with Crippen molar-refractivity contribution in [3.8, 4) is 17.9 Å². The van der Waals surface area contributed by atoms with E-state index in [1.165, 1.54) is 30.4 Å². The summed E-state index contributed by atoms with van der Waals surface area (Å²) in [5, 5.41) is 8.78. The molecule has 0 aliphatic rings. The number of aldehydes is 1. The maximum atomic E-state index is 10.5. The average Bonchev–Trinajstić information content (AvgIpc) is 2.86. The molecule has 17 heavy (non-hydrogen) atoms. The Morgan fingerprint density at radius 3 is 2.94 bits per heavy atom. The summed E-state index contributed by atoms with van der Waals surface area (Å²) in [6, 6.07) is 1.91. The van der Waals surface area contributed by atoms with Crippen LogP contribution in [0.1, 0.15) is 16.1 Å². The van der Waals surface area contributed by atoms with Crippen molar-refractivity contribution in [2.45, 2.75) is 0 Å². The lowest BCUT2D eigenvalue weighted by molar-refractivity contribution is 0.111. The smallest absolute Gasteiger partial charge is 0.238 e. The van der Waals surface area contributed by atoms with Gasteiger partial charge >= 0.3 is 0 Å². The van der Waals surface area contributed by atoms with Crippen LogP contribution in [0.5, 0.6) is 5.88 Å². The Labute approximate surface area is 96.3 Å². The summed E-state index contributed by atoms with van der Waals surface area (Å²) in [6.45, 7) is 0. The number of carbonyl (C=O) groups excluding carboxylic acids is 1. The predicted octanol–water partition coefficient (Wildman–Crippen LogP) is 0.355. The van der Waals surface area contributed by atoms with E-state index in [2.05, 4.69) is 15.0 Å². The Morgan fingerprint density at radius 2 is 2.35 bits per heavy atom. The molecule has 2 aromatic heterocycles. The molecule has 0 spiro atoms. The standard InChI is InChI=1S/C10H7N5O2/c1-17-9-7(2-11)3-12-10(14-9)15-4-8(5-16)13-6-15/h3-6H,1H3. The number of hydrogen-bond acceptors (Lipinski definition) is 6. The van der Waals surface area contributed by atoms with Gasteiger partial charge in [-0.1, -0.05) is 0 Å². The maximum absolute atomic E-state index is 10.5. The van der Waals surface area contributed by atoms with Crippen LogP contribution in [0.3, 0.4) is 0 Å². The molecule has 7 nitrogen and oxygen atoms in total. The quantitative estimate of drug-likeness (QED) is 0.705. The summed E-state index contributed by atoms with van der Waals surface area (Å²) in [6.07, 6.45) is 4.86. The number of carbonyl (C=O) groups is 1. The molecular weight excluding hydrogens is 222 g/mol. The molecule has 0 saturated carbocycles. The van der Waals surface area contributed by atoms with Gasteiger partial charge in [-0.2, -0.15) is 10.2 Å². The Bertz CT molecular complexity index is 599. The first kappa shape index (κ1) is 10.8. The van der Waals surface area contributed by atoms with Crippen molar-refractivity contribution in [2.75, 3.05) is 7.11 Å². The van der Waals surface area contributed by atoms with Crippen LogP contribution in [0.4, 0.5) is 0 Å². The zero-order valence-corrected chi connectivity index (χ0v) is 8.86. The van der Waals surface area contributed by atoms with Crippen molar-refractivity contribution < 1.29 is 9.53 Å². The summed E-state index contributed by atoms with van der Waals surface area (Å²) in [5.74, 6) is 0.459. The number of nitriles is 1. The van der Waals surface area contributed by atoms with Crippen molar-refractivity contribution in [2.24, 2.45) is 0 Å². The first-order chi connectivity index (χ1) is 8.28. The van der Waals surface area contributed by atoms with Crippen LogP contribution in [0.15, 0.2) is 18.7 Å². The van der Waals surface area contributed by atoms with Gasteiger partial charge in [0, 0.05) is 6.20 Å². The highest BCUT2D eigenvalue weighted by atomic mass is 16.5. The predicted molar refractivity (Wildman–Crippen MR) is 55.8 cm³/mol. The molecule has 84 valence electrons. The minimum atomic E-state index is 0.179. The summed E-state index contributed by atoms with van der Waals surface area (Å²) >= 11 is 0. The lowest BCUT2D eigenvalue weighted by atomic mass is 10.4. The molecule has 2 aromatic rings. The van der Waals surface area contributed by atoms with Crippen LogP contribution in [-0.2, 0) is 0 Å². The van der Waals surface area contributed by atoms with Gasteiger partial charge < -0.3 is 4.74 Å². The van der Waals surface area contributed by atoms with E-state index in [1.54, 1.807) is 0 Å². The van der Waals surface area contributed by atoms with Gasteiger partial charge in [-0.25, -0.2) is 9.97 Å². The summed E-state index contributed by atoms with van der Waals surface area (Å²) in [4.78, 5) is 22.3. The fraction of sp³-hybridized carbons (Fsp3) is 0.100. The first-order valence-electron chi connectivity index (χ1n) is 4.59. The zero-order chi connectivity index (χ0) is 12.3. The second-order valence-electron chi connectivity index (χ2n) is 3.03. The van der Waals surface area contributed by atoms with E-state index in [1.807, 2.05) is 6.07 Å². The van der Waals surface area contributed by atoms with Crippen molar-refractivity contribution in [3.05, 3.63) is 30.0 Å². The van der Waals surface area contributed by atoms with Gasteiger partial charge in [-0.15, -0.1) is 0 Å². The number of nitrogens with zero attached hydrogens (tertiary/aromatic N) is 5. The molecule has 0 aliphatic heterocycles. The molecule has 0 amide bonds. The van der Waals surface area contributed by atoms with Gasteiger partial charge in [-0.3, -0.25) is 9.36 Å². The van der Waals surface area contributed by atoms with Crippen molar-refractivity contribution in [1.29, 1.82) is 5.26 Å². The Balaban J connectivity index is 2.46. The van der Waals surface area contributed by atoms with E-state index in [-0.39, 0.29) is 23.1 Å². The molecule has 0 radical (unpaired) electrons. The van der Waals surface area contributed by atoms with E-state index < -0.39 is 0 Å².